The molecule has 21 heavy (non-hydrogen) atoms. The van der Waals surface area contributed by atoms with E-state index < -0.39 is 48.1 Å². The summed E-state index contributed by atoms with van der Waals surface area (Å²) >= 11 is 0. The third-order valence-corrected chi connectivity index (χ3v) is 2.80. The molecule has 120 valence electrons. The van der Waals surface area contributed by atoms with Crippen molar-refractivity contribution in [3.05, 3.63) is 0 Å². The molecule has 0 aromatic heterocycles. The molecule has 1 amide bonds. The van der Waals surface area contributed by atoms with E-state index in [-0.39, 0.29) is 0 Å². The number of amides is 1. The number of methoxy groups -OCH3 is 3. The number of carbonyl (C=O) groups excluding carboxylic acids is 4. The Morgan fingerprint density at radius 1 is 0.905 bits per heavy atom. The Hall–Kier alpha value is -2.12. The number of rotatable bonds is 7. The predicted molar refractivity (Wildman–Crippen MR) is 70.9 cm³/mol. The van der Waals surface area contributed by atoms with E-state index in [2.05, 4.69) is 19.5 Å². The Morgan fingerprint density at radius 3 is 1.81 bits per heavy atom. The summed E-state index contributed by atoms with van der Waals surface area (Å²) in [5, 5.41) is 2.39. The largest absolute Gasteiger partial charge is 0.469 e. The molecule has 0 spiro atoms. The van der Waals surface area contributed by atoms with Crippen LogP contribution in [0.15, 0.2) is 0 Å². The SMILES string of the molecule is COC(=O)C[C@@H](C(=O)OC)[C@H](NC(=O)C(C)C)C(=O)OC. The van der Waals surface area contributed by atoms with Crippen molar-refractivity contribution < 1.29 is 33.4 Å². The molecule has 0 fully saturated rings. The highest BCUT2D eigenvalue weighted by atomic mass is 16.5. The van der Waals surface area contributed by atoms with Crippen LogP contribution in [-0.2, 0) is 33.4 Å². The summed E-state index contributed by atoms with van der Waals surface area (Å²) in [6.07, 6.45) is -0.415. The smallest absolute Gasteiger partial charge is 0.329 e. The highest BCUT2D eigenvalue weighted by Crippen LogP contribution is 2.15. The lowest BCUT2D eigenvalue weighted by molar-refractivity contribution is -0.159. The molecular formula is C13H21NO7. The Balaban J connectivity index is 5.35. The highest BCUT2D eigenvalue weighted by molar-refractivity contribution is 5.91. The molecule has 0 aliphatic carbocycles. The average molecular weight is 303 g/mol. The van der Waals surface area contributed by atoms with Crippen molar-refractivity contribution >= 4 is 23.8 Å². The van der Waals surface area contributed by atoms with Gasteiger partial charge < -0.3 is 19.5 Å². The summed E-state index contributed by atoms with van der Waals surface area (Å²) in [5.74, 6) is -4.46. The second kappa shape index (κ2) is 8.93. The number of ether oxygens (including phenoxy) is 3. The lowest BCUT2D eigenvalue weighted by atomic mass is 9.95. The van der Waals surface area contributed by atoms with Crippen LogP contribution in [0.2, 0.25) is 0 Å². The number of nitrogens with one attached hydrogen (secondary N) is 1. The Kier molecular flexibility index (Phi) is 8.03. The molecule has 2 atom stereocenters. The van der Waals surface area contributed by atoms with Crippen molar-refractivity contribution in [2.75, 3.05) is 21.3 Å². The maximum Gasteiger partial charge on any atom is 0.329 e. The van der Waals surface area contributed by atoms with Crippen LogP contribution in [-0.4, -0.2) is 51.2 Å². The van der Waals surface area contributed by atoms with Gasteiger partial charge in [-0.25, -0.2) is 4.79 Å². The van der Waals surface area contributed by atoms with Crippen LogP contribution in [0.25, 0.3) is 0 Å². The van der Waals surface area contributed by atoms with Crippen molar-refractivity contribution in [1.29, 1.82) is 0 Å². The van der Waals surface area contributed by atoms with Crippen molar-refractivity contribution in [2.24, 2.45) is 11.8 Å². The molecule has 0 aromatic rings. The highest BCUT2D eigenvalue weighted by Gasteiger charge is 2.38. The maximum absolute atomic E-state index is 11.8. The van der Waals surface area contributed by atoms with Gasteiger partial charge in [0.1, 0.15) is 6.04 Å². The number of hydrogen-bond acceptors (Lipinski definition) is 7. The van der Waals surface area contributed by atoms with Gasteiger partial charge >= 0.3 is 17.9 Å². The minimum absolute atomic E-state index is 0.409. The maximum atomic E-state index is 11.8. The monoisotopic (exact) mass is 303 g/mol. The second-order valence-corrected chi connectivity index (χ2v) is 4.57. The molecule has 0 radical (unpaired) electrons. The Labute approximate surface area is 123 Å². The molecule has 0 bridgehead atoms. The van der Waals surface area contributed by atoms with E-state index in [1.54, 1.807) is 13.8 Å². The van der Waals surface area contributed by atoms with E-state index in [1.165, 1.54) is 0 Å². The van der Waals surface area contributed by atoms with Gasteiger partial charge in [0.05, 0.1) is 33.7 Å². The fraction of sp³-hybridized carbons (Fsp3) is 0.692. The lowest BCUT2D eigenvalue weighted by Crippen LogP contribution is -2.51. The number of carbonyl (C=O) groups is 4. The van der Waals surface area contributed by atoms with Crippen LogP contribution >= 0.6 is 0 Å². The molecule has 8 heteroatoms. The van der Waals surface area contributed by atoms with Crippen molar-refractivity contribution in [1.82, 2.24) is 5.32 Å². The van der Waals surface area contributed by atoms with Gasteiger partial charge in [-0.05, 0) is 0 Å². The molecule has 0 aliphatic heterocycles. The van der Waals surface area contributed by atoms with Crippen LogP contribution < -0.4 is 5.32 Å². The van der Waals surface area contributed by atoms with Gasteiger partial charge in [-0.2, -0.15) is 0 Å². The van der Waals surface area contributed by atoms with Crippen LogP contribution in [0.5, 0.6) is 0 Å². The summed E-state index contributed by atoms with van der Waals surface area (Å²) in [7, 11) is 3.38. The fourth-order valence-electron chi connectivity index (χ4n) is 1.52. The summed E-state index contributed by atoms with van der Waals surface area (Å²) in [6, 6.07) is -1.32. The summed E-state index contributed by atoms with van der Waals surface area (Å²) in [5.41, 5.74) is 0. The molecule has 0 unspecified atom stereocenters. The standard InChI is InChI=1S/C13H21NO7/c1-7(2)11(16)14-10(13(18)21-5)8(12(17)20-4)6-9(15)19-3/h7-8,10H,6H2,1-5H3,(H,14,16)/t8-,10+/m1/s1. The topological polar surface area (TPSA) is 108 Å². The first-order valence-electron chi connectivity index (χ1n) is 6.31. The quantitative estimate of drug-likeness (QED) is 0.506. The Bertz CT molecular complexity index is 405. The zero-order valence-electron chi connectivity index (χ0n) is 12.8. The first kappa shape index (κ1) is 18.9. The zero-order valence-corrected chi connectivity index (χ0v) is 12.8. The van der Waals surface area contributed by atoms with Crippen LogP contribution in [0.3, 0.4) is 0 Å². The molecule has 0 aromatic carbocycles. The molecule has 0 rings (SSSR count). The zero-order chi connectivity index (χ0) is 16.6. The summed E-state index contributed by atoms with van der Waals surface area (Å²) in [6.45, 7) is 3.24. The van der Waals surface area contributed by atoms with E-state index >= 15 is 0 Å². The van der Waals surface area contributed by atoms with E-state index in [1.807, 2.05) is 0 Å². The first-order valence-corrected chi connectivity index (χ1v) is 6.31. The minimum Gasteiger partial charge on any atom is -0.469 e. The molecule has 0 saturated heterocycles. The van der Waals surface area contributed by atoms with Gasteiger partial charge in [0.15, 0.2) is 0 Å². The van der Waals surface area contributed by atoms with Crippen molar-refractivity contribution in [2.45, 2.75) is 26.3 Å². The average Bonchev–Trinajstić information content (AvgIpc) is 2.48. The van der Waals surface area contributed by atoms with Crippen LogP contribution in [0.4, 0.5) is 0 Å². The van der Waals surface area contributed by atoms with Crippen LogP contribution in [0.1, 0.15) is 20.3 Å². The molecule has 0 saturated carbocycles. The molecule has 0 heterocycles. The molecule has 0 aliphatic rings. The first-order chi connectivity index (χ1) is 9.78. The Morgan fingerprint density at radius 2 is 1.43 bits per heavy atom. The van der Waals surface area contributed by atoms with E-state index in [0.29, 0.717) is 0 Å². The second-order valence-electron chi connectivity index (χ2n) is 4.57. The van der Waals surface area contributed by atoms with Gasteiger partial charge in [-0.15, -0.1) is 0 Å². The lowest BCUT2D eigenvalue weighted by Gasteiger charge is -2.24. The number of esters is 3. The fourth-order valence-corrected chi connectivity index (χ4v) is 1.52. The predicted octanol–water partition coefficient (Wildman–Crippen LogP) is -0.347. The molecule has 8 nitrogen and oxygen atoms in total. The van der Waals surface area contributed by atoms with Gasteiger partial charge in [-0.3, -0.25) is 14.4 Å². The molecule has 1 N–H and O–H groups in total. The normalized spacial score (nSPS) is 13.0. The summed E-state index contributed by atoms with van der Waals surface area (Å²) < 4.78 is 13.6. The van der Waals surface area contributed by atoms with Gasteiger partial charge in [0.25, 0.3) is 0 Å². The van der Waals surface area contributed by atoms with Gasteiger partial charge in [-0.1, -0.05) is 13.8 Å². The van der Waals surface area contributed by atoms with Crippen molar-refractivity contribution in [3.8, 4) is 0 Å². The minimum atomic E-state index is -1.32. The van der Waals surface area contributed by atoms with E-state index in [9.17, 15) is 19.2 Å². The van der Waals surface area contributed by atoms with Gasteiger partial charge in [0, 0.05) is 5.92 Å². The van der Waals surface area contributed by atoms with E-state index in [4.69, 9.17) is 0 Å². The third kappa shape index (κ3) is 5.80. The van der Waals surface area contributed by atoms with Crippen LogP contribution in [0, 0.1) is 11.8 Å². The van der Waals surface area contributed by atoms with Gasteiger partial charge in [0.2, 0.25) is 5.91 Å². The molecular weight excluding hydrogens is 282 g/mol. The third-order valence-electron chi connectivity index (χ3n) is 2.80. The van der Waals surface area contributed by atoms with E-state index in [0.717, 1.165) is 21.3 Å². The number of hydrogen-bond donors (Lipinski definition) is 1. The summed E-state index contributed by atoms with van der Waals surface area (Å²) in [4.78, 5) is 46.7. The van der Waals surface area contributed by atoms with Crippen molar-refractivity contribution in [3.63, 3.8) is 0 Å².